The SMILES string of the molecule is CC1(C)OB(c2cnc3c(c2)C=CC3)OC1(C)C.CN1CCN(c2cncc(-c3cnc4c(c3)C=CC4)n2)CC1.CN1CCN(c2cncc(Cl)n2)CC1. The van der Waals surface area contributed by atoms with Crippen molar-refractivity contribution in [2.75, 3.05) is 76.3 Å². The smallest absolute Gasteiger partial charge is 0.399 e. The number of likely N-dealkylation sites (N-methyl/N-ethyl adjacent to an activating group) is 2. The third-order valence-electron chi connectivity index (χ3n) is 10.9. The van der Waals surface area contributed by atoms with Gasteiger partial charge in [-0.25, -0.2) is 9.97 Å². The van der Waals surface area contributed by atoms with Crippen molar-refractivity contribution in [3.05, 3.63) is 89.1 Å². The lowest BCUT2D eigenvalue weighted by Crippen LogP contribution is -2.44. The van der Waals surface area contributed by atoms with Gasteiger partial charge in [0.05, 0.1) is 53.1 Å². The van der Waals surface area contributed by atoms with Gasteiger partial charge in [0.1, 0.15) is 16.8 Å². The number of piperazine rings is 2. The molecule has 0 spiro atoms. The zero-order valence-electron chi connectivity index (χ0n) is 32.2. The zero-order valence-corrected chi connectivity index (χ0v) is 33.0. The number of pyridine rings is 2. The number of fused-ring (bicyclic) bond motifs is 2. The molecule has 4 aromatic rings. The Morgan fingerprint density at radius 3 is 1.72 bits per heavy atom. The summed E-state index contributed by atoms with van der Waals surface area (Å²) in [5.74, 6) is 1.84. The Bertz CT molecular complexity index is 1980. The second kappa shape index (κ2) is 16.2. The van der Waals surface area contributed by atoms with Crippen LogP contribution in [-0.4, -0.2) is 124 Å². The number of allylic oxidation sites excluding steroid dienone is 2. The standard InChI is InChI=1S/C17H19N5.C14H18BNO2.C9H13ClN4/c1-21-5-7-22(8-6-21)17-12-18-11-16(20-17)14-9-13-3-2-4-15(13)19-10-14;1-13(2)14(3,4)18-15(17-13)11-8-10-6-5-7-12(10)16-9-11;1-13-2-4-14(5-3-13)9-7-11-6-8(10)12-9/h2-3,9-12H,4-8H2,1H3;5-6,8-9H,7H2,1-4H3;6-7H,2-5H2,1H3. The van der Waals surface area contributed by atoms with Crippen LogP contribution in [0.1, 0.15) is 50.2 Å². The molecule has 282 valence electrons. The lowest BCUT2D eigenvalue weighted by Gasteiger charge is -2.33. The van der Waals surface area contributed by atoms with E-state index in [1.165, 1.54) is 11.1 Å². The number of hydrogen-bond donors (Lipinski definition) is 0. The highest BCUT2D eigenvalue weighted by molar-refractivity contribution is 6.62. The maximum absolute atomic E-state index is 6.02. The Hall–Kier alpha value is -4.27. The van der Waals surface area contributed by atoms with Crippen LogP contribution in [0.25, 0.3) is 23.4 Å². The van der Waals surface area contributed by atoms with Crippen LogP contribution >= 0.6 is 11.6 Å². The first kappa shape index (κ1) is 38.0. The Balaban J connectivity index is 0.000000128. The monoisotopic (exact) mass is 748 g/mol. The fourth-order valence-electron chi connectivity index (χ4n) is 6.71. The van der Waals surface area contributed by atoms with Gasteiger partial charge in [0.25, 0.3) is 0 Å². The molecule has 0 N–H and O–H groups in total. The van der Waals surface area contributed by atoms with Gasteiger partial charge in [-0.2, -0.15) is 0 Å². The number of rotatable bonds is 4. The maximum atomic E-state index is 6.02. The van der Waals surface area contributed by atoms with Crippen molar-refractivity contribution in [2.24, 2.45) is 0 Å². The zero-order chi connectivity index (χ0) is 37.9. The van der Waals surface area contributed by atoms with Gasteiger partial charge < -0.3 is 28.9 Å². The quantitative estimate of drug-likeness (QED) is 0.270. The van der Waals surface area contributed by atoms with Crippen molar-refractivity contribution in [3.8, 4) is 11.3 Å². The van der Waals surface area contributed by atoms with E-state index >= 15 is 0 Å². The van der Waals surface area contributed by atoms with Crippen LogP contribution in [0.4, 0.5) is 11.6 Å². The summed E-state index contributed by atoms with van der Waals surface area (Å²) >= 11 is 5.78. The summed E-state index contributed by atoms with van der Waals surface area (Å²) in [4.78, 5) is 35.6. The lowest BCUT2D eigenvalue weighted by molar-refractivity contribution is 0.00578. The van der Waals surface area contributed by atoms with Gasteiger partial charge in [-0.1, -0.05) is 42.0 Å². The average molecular weight is 749 g/mol. The van der Waals surface area contributed by atoms with E-state index in [0.717, 1.165) is 105 Å². The summed E-state index contributed by atoms with van der Waals surface area (Å²) < 4.78 is 12.0. The number of hydrogen-bond acceptors (Lipinski definition) is 12. The molecule has 0 atom stereocenters. The summed E-state index contributed by atoms with van der Waals surface area (Å²) in [6.45, 7) is 16.5. The van der Waals surface area contributed by atoms with E-state index in [4.69, 9.17) is 25.9 Å². The molecule has 12 nitrogen and oxygen atoms in total. The molecule has 5 aliphatic rings. The second-order valence-corrected chi connectivity index (χ2v) is 15.8. The van der Waals surface area contributed by atoms with Crippen LogP contribution in [0.5, 0.6) is 0 Å². The van der Waals surface area contributed by atoms with Gasteiger partial charge in [-0.05, 0) is 59.0 Å². The summed E-state index contributed by atoms with van der Waals surface area (Å²) in [6, 6.07) is 4.28. The van der Waals surface area contributed by atoms with Gasteiger partial charge in [0.2, 0.25) is 0 Å². The molecule has 3 fully saturated rings. The van der Waals surface area contributed by atoms with Gasteiger partial charge in [0.15, 0.2) is 0 Å². The van der Waals surface area contributed by atoms with Gasteiger partial charge >= 0.3 is 7.12 Å². The van der Waals surface area contributed by atoms with Crippen LogP contribution in [0.2, 0.25) is 5.15 Å². The Kier molecular flexibility index (Phi) is 11.4. The molecule has 0 saturated carbocycles. The molecule has 0 amide bonds. The van der Waals surface area contributed by atoms with E-state index in [9.17, 15) is 0 Å². The third kappa shape index (κ3) is 8.82. The van der Waals surface area contributed by atoms with E-state index in [0.29, 0.717) is 5.15 Å². The van der Waals surface area contributed by atoms with Crippen LogP contribution in [0.3, 0.4) is 0 Å². The van der Waals surface area contributed by atoms with Crippen molar-refractivity contribution < 1.29 is 9.31 Å². The first-order valence-corrected chi connectivity index (χ1v) is 19.2. The van der Waals surface area contributed by atoms with Crippen LogP contribution in [0, 0.1) is 0 Å². The molecule has 4 aromatic heterocycles. The van der Waals surface area contributed by atoms with Crippen molar-refractivity contribution in [1.82, 2.24) is 39.7 Å². The fourth-order valence-corrected chi connectivity index (χ4v) is 6.86. The molecule has 0 aromatic carbocycles. The van der Waals surface area contributed by atoms with Crippen molar-refractivity contribution in [2.45, 2.75) is 51.7 Å². The molecule has 9 rings (SSSR count). The summed E-state index contributed by atoms with van der Waals surface area (Å²) in [5.41, 5.74) is 6.99. The largest absolute Gasteiger partial charge is 0.496 e. The number of aromatic nitrogens is 6. The molecule has 0 bridgehead atoms. The van der Waals surface area contributed by atoms with Crippen molar-refractivity contribution >= 4 is 48.0 Å². The third-order valence-corrected chi connectivity index (χ3v) is 11.1. The predicted molar refractivity (Wildman–Crippen MR) is 217 cm³/mol. The summed E-state index contributed by atoms with van der Waals surface area (Å²) in [5, 5.41) is 0.460. The minimum absolute atomic E-state index is 0.299. The Labute approximate surface area is 324 Å². The molecule has 0 unspecified atom stereocenters. The first-order valence-electron chi connectivity index (χ1n) is 18.8. The fraction of sp³-hybridized carbons (Fsp3) is 0.450. The molecule has 7 heterocycles. The molecule has 54 heavy (non-hydrogen) atoms. The normalized spacial score (nSPS) is 19.9. The molecule has 0 radical (unpaired) electrons. The second-order valence-electron chi connectivity index (χ2n) is 15.4. The summed E-state index contributed by atoms with van der Waals surface area (Å²) in [7, 11) is 3.96. The Morgan fingerprint density at radius 2 is 1.15 bits per heavy atom. The highest BCUT2D eigenvalue weighted by atomic mass is 35.5. The van der Waals surface area contributed by atoms with E-state index in [1.807, 2.05) is 24.8 Å². The van der Waals surface area contributed by atoms with Crippen molar-refractivity contribution in [1.29, 1.82) is 0 Å². The molecular weight excluding hydrogens is 699 g/mol. The highest BCUT2D eigenvalue weighted by Gasteiger charge is 2.51. The topological polar surface area (TPSA) is 109 Å². The number of halogens is 1. The molecule has 14 heteroatoms. The van der Waals surface area contributed by atoms with Crippen LogP contribution in [0.15, 0.2) is 61.5 Å². The number of nitrogens with zero attached hydrogens (tertiary/aromatic N) is 10. The van der Waals surface area contributed by atoms with Crippen LogP contribution in [-0.2, 0) is 22.2 Å². The minimum atomic E-state index is -0.318. The highest BCUT2D eigenvalue weighted by Crippen LogP contribution is 2.36. The van der Waals surface area contributed by atoms with E-state index in [2.05, 4.69) is 123 Å². The maximum Gasteiger partial charge on any atom is 0.496 e. The van der Waals surface area contributed by atoms with Crippen molar-refractivity contribution in [3.63, 3.8) is 0 Å². The van der Waals surface area contributed by atoms with E-state index in [-0.39, 0.29) is 18.3 Å². The lowest BCUT2D eigenvalue weighted by atomic mass is 9.79. The van der Waals surface area contributed by atoms with Gasteiger partial charge in [0, 0.05) is 88.6 Å². The molecule has 2 aliphatic carbocycles. The number of anilines is 2. The first-order chi connectivity index (χ1) is 25.9. The van der Waals surface area contributed by atoms with Crippen LogP contribution < -0.4 is 15.3 Å². The predicted octanol–water partition coefficient (Wildman–Crippen LogP) is 4.69. The summed E-state index contributed by atoms with van der Waals surface area (Å²) in [6.07, 6.45) is 21.1. The van der Waals surface area contributed by atoms with E-state index in [1.54, 1.807) is 12.4 Å². The minimum Gasteiger partial charge on any atom is -0.399 e. The molecule has 3 aliphatic heterocycles. The Morgan fingerprint density at radius 1 is 0.630 bits per heavy atom. The van der Waals surface area contributed by atoms with Gasteiger partial charge in [-0.15, -0.1) is 0 Å². The molecular formula is C40H50BClN10O2. The van der Waals surface area contributed by atoms with Gasteiger partial charge in [-0.3, -0.25) is 19.9 Å². The van der Waals surface area contributed by atoms with E-state index < -0.39 is 0 Å². The molecule has 3 saturated heterocycles. The average Bonchev–Trinajstić information content (AvgIpc) is 3.89.